The lowest BCUT2D eigenvalue weighted by atomic mass is 9.83. The number of carbonyl (C=O) groups is 2. The minimum absolute atomic E-state index is 0.364. The molecule has 0 aromatic heterocycles. The molecular weight excluding hydrogens is 232 g/mol. The zero-order valence-corrected chi connectivity index (χ0v) is 10.6. The van der Waals surface area contributed by atoms with Crippen molar-refractivity contribution < 1.29 is 19.1 Å². The molecule has 4 heteroatoms. The van der Waals surface area contributed by atoms with Crippen LogP contribution in [0.25, 0.3) is 0 Å². The first kappa shape index (κ1) is 14.5. The first-order valence-electron chi connectivity index (χ1n) is 6.24. The lowest BCUT2D eigenvalue weighted by Gasteiger charge is -2.27. The summed E-state index contributed by atoms with van der Waals surface area (Å²) < 4.78 is 10.1. The predicted molar refractivity (Wildman–Crippen MR) is 67.8 cm³/mol. The van der Waals surface area contributed by atoms with E-state index in [1.807, 2.05) is 0 Å². The van der Waals surface area contributed by atoms with Crippen molar-refractivity contribution in [3.8, 4) is 0 Å². The molecule has 1 saturated carbocycles. The van der Waals surface area contributed by atoms with Crippen LogP contribution in [0.15, 0.2) is 25.3 Å². The fourth-order valence-electron chi connectivity index (χ4n) is 2.08. The van der Waals surface area contributed by atoms with Gasteiger partial charge in [-0.25, -0.2) is 9.59 Å². The van der Waals surface area contributed by atoms with E-state index >= 15 is 0 Å². The molecule has 0 N–H and O–H groups in total. The maximum absolute atomic E-state index is 10.9. The summed E-state index contributed by atoms with van der Waals surface area (Å²) in [4.78, 5) is 21.8. The van der Waals surface area contributed by atoms with Crippen molar-refractivity contribution in [2.45, 2.75) is 25.7 Å². The summed E-state index contributed by atoms with van der Waals surface area (Å²) >= 11 is 0. The fraction of sp³-hybridized carbons (Fsp3) is 0.571. The average Bonchev–Trinajstić information content (AvgIpc) is 2.43. The smallest absolute Gasteiger partial charge is 0.330 e. The highest BCUT2D eigenvalue weighted by Crippen LogP contribution is 2.29. The Morgan fingerprint density at radius 2 is 1.22 bits per heavy atom. The summed E-state index contributed by atoms with van der Waals surface area (Å²) in [6.45, 7) is 7.63. The van der Waals surface area contributed by atoms with E-state index in [9.17, 15) is 9.59 Å². The van der Waals surface area contributed by atoms with Crippen molar-refractivity contribution in [3.63, 3.8) is 0 Å². The van der Waals surface area contributed by atoms with Crippen molar-refractivity contribution in [2.24, 2.45) is 11.8 Å². The van der Waals surface area contributed by atoms with Gasteiger partial charge in [-0.15, -0.1) is 0 Å². The molecule has 0 unspecified atom stereocenters. The molecule has 0 radical (unpaired) electrons. The van der Waals surface area contributed by atoms with E-state index in [1.165, 1.54) is 12.2 Å². The number of hydrogen-bond acceptors (Lipinski definition) is 4. The van der Waals surface area contributed by atoms with Crippen molar-refractivity contribution in [2.75, 3.05) is 13.2 Å². The first-order valence-corrected chi connectivity index (χ1v) is 6.24. The number of carbonyl (C=O) groups excluding carboxylic acids is 2. The third kappa shape index (κ3) is 5.17. The molecule has 1 rings (SSSR count). The molecule has 0 saturated heterocycles. The first-order chi connectivity index (χ1) is 8.65. The standard InChI is InChI=1S/C14H20O4/c1-3-13(15)17-9-11-5-7-12(8-6-11)10-18-14(16)4-2/h3-4,11-12H,1-2,5-10H2. The molecule has 0 amide bonds. The van der Waals surface area contributed by atoms with Crippen LogP contribution in [0, 0.1) is 11.8 Å². The second-order valence-corrected chi connectivity index (χ2v) is 4.56. The van der Waals surface area contributed by atoms with Gasteiger partial charge in [0.1, 0.15) is 0 Å². The van der Waals surface area contributed by atoms with Crippen LogP contribution in [0.5, 0.6) is 0 Å². The Kier molecular flexibility index (Phi) is 6.19. The Hall–Kier alpha value is -1.58. The van der Waals surface area contributed by atoms with Crippen LogP contribution < -0.4 is 0 Å². The van der Waals surface area contributed by atoms with Crippen molar-refractivity contribution in [1.82, 2.24) is 0 Å². The highest BCUT2D eigenvalue weighted by molar-refractivity contribution is 5.81. The quantitative estimate of drug-likeness (QED) is 0.537. The van der Waals surface area contributed by atoms with Gasteiger partial charge in [-0.05, 0) is 37.5 Å². The third-order valence-corrected chi connectivity index (χ3v) is 3.22. The lowest BCUT2D eigenvalue weighted by Crippen LogP contribution is -2.23. The average molecular weight is 252 g/mol. The molecule has 1 aliphatic rings. The normalized spacial score (nSPS) is 22.9. The molecule has 0 aromatic carbocycles. The van der Waals surface area contributed by atoms with Crippen LogP contribution in [0.2, 0.25) is 0 Å². The zero-order chi connectivity index (χ0) is 13.4. The van der Waals surface area contributed by atoms with Gasteiger partial charge in [0.15, 0.2) is 0 Å². The molecule has 1 aliphatic carbocycles. The van der Waals surface area contributed by atoms with Gasteiger partial charge in [0, 0.05) is 12.2 Å². The van der Waals surface area contributed by atoms with E-state index in [1.54, 1.807) is 0 Å². The van der Waals surface area contributed by atoms with Crippen LogP contribution in [0.4, 0.5) is 0 Å². The Balaban J connectivity index is 2.16. The highest BCUT2D eigenvalue weighted by atomic mass is 16.5. The second kappa shape index (κ2) is 7.69. The van der Waals surface area contributed by atoms with E-state index in [0.717, 1.165) is 25.7 Å². The van der Waals surface area contributed by atoms with Gasteiger partial charge >= 0.3 is 11.9 Å². The van der Waals surface area contributed by atoms with Crippen LogP contribution >= 0.6 is 0 Å². The number of rotatable bonds is 6. The maximum Gasteiger partial charge on any atom is 0.330 e. The molecule has 0 aliphatic heterocycles. The van der Waals surface area contributed by atoms with E-state index in [2.05, 4.69) is 13.2 Å². The highest BCUT2D eigenvalue weighted by Gasteiger charge is 2.22. The van der Waals surface area contributed by atoms with Gasteiger partial charge < -0.3 is 9.47 Å². The summed E-state index contributed by atoms with van der Waals surface area (Å²) in [6, 6.07) is 0. The van der Waals surface area contributed by atoms with Crippen LogP contribution in [0.1, 0.15) is 25.7 Å². The fourth-order valence-corrected chi connectivity index (χ4v) is 2.08. The second-order valence-electron chi connectivity index (χ2n) is 4.56. The number of ether oxygens (including phenoxy) is 2. The van der Waals surface area contributed by atoms with Crippen molar-refractivity contribution in [3.05, 3.63) is 25.3 Å². The molecule has 0 aromatic rings. The largest absolute Gasteiger partial charge is 0.462 e. The summed E-state index contributed by atoms with van der Waals surface area (Å²) in [5.41, 5.74) is 0. The monoisotopic (exact) mass is 252 g/mol. The Morgan fingerprint density at radius 3 is 1.50 bits per heavy atom. The summed E-state index contributed by atoms with van der Waals surface area (Å²) in [5.74, 6) is 0.106. The summed E-state index contributed by atoms with van der Waals surface area (Å²) in [7, 11) is 0. The molecule has 4 nitrogen and oxygen atoms in total. The Labute approximate surface area is 108 Å². The minimum Gasteiger partial charge on any atom is -0.462 e. The number of esters is 2. The van der Waals surface area contributed by atoms with E-state index in [4.69, 9.17) is 9.47 Å². The Bertz CT molecular complexity index is 282. The van der Waals surface area contributed by atoms with Gasteiger partial charge in [0.2, 0.25) is 0 Å². The van der Waals surface area contributed by atoms with Crippen LogP contribution in [-0.4, -0.2) is 25.2 Å². The summed E-state index contributed by atoms with van der Waals surface area (Å²) in [5, 5.41) is 0. The molecule has 100 valence electrons. The zero-order valence-electron chi connectivity index (χ0n) is 10.6. The van der Waals surface area contributed by atoms with Gasteiger partial charge in [0.25, 0.3) is 0 Å². The Morgan fingerprint density at radius 1 is 0.889 bits per heavy atom. The van der Waals surface area contributed by atoms with Crippen LogP contribution in [0.3, 0.4) is 0 Å². The minimum atomic E-state index is -0.364. The molecule has 0 atom stereocenters. The van der Waals surface area contributed by atoms with Crippen LogP contribution in [-0.2, 0) is 19.1 Å². The van der Waals surface area contributed by atoms with Crippen molar-refractivity contribution in [1.29, 1.82) is 0 Å². The van der Waals surface area contributed by atoms with Gasteiger partial charge in [-0.1, -0.05) is 13.2 Å². The lowest BCUT2D eigenvalue weighted by molar-refractivity contribution is -0.141. The van der Waals surface area contributed by atoms with Crippen molar-refractivity contribution >= 4 is 11.9 Å². The molecular formula is C14H20O4. The number of hydrogen-bond donors (Lipinski definition) is 0. The SMILES string of the molecule is C=CC(=O)OCC1CCC(COC(=O)C=C)CC1. The van der Waals surface area contributed by atoms with Gasteiger partial charge in [-0.3, -0.25) is 0 Å². The summed E-state index contributed by atoms with van der Waals surface area (Å²) in [6.07, 6.45) is 6.36. The molecule has 18 heavy (non-hydrogen) atoms. The maximum atomic E-state index is 10.9. The van der Waals surface area contributed by atoms with E-state index < -0.39 is 0 Å². The van der Waals surface area contributed by atoms with E-state index in [-0.39, 0.29) is 11.9 Å². The molecule has 0 bridgehead atoms. The van der Waals surface area contributed by atoms with E-state index in [0.29, 0.717) is 25.0 Å². The molecule has 1 fully saturated rings. The third-order valence-electron chi connectivity index (χ3n) is 3.22. The van der Waals surface area contributed by atoms with Gasteiger partial charge in [-0.2, -0.15) is 0 Å². The molecule has 0 heterocycles. The predicted octanol–water partition coefficient (Wildman–Crippen LogP) is 2.25. The molecule has 0 spiro atoms. The van der Waals surface area contributed by atoms with Gasteiger partial charge in [0.05, 0.1) is 13.2 Å². The topological polar surface area (TPSA) is 52.6 Å².